The molecule has 1 heterocycles. The molecule has 1 N–H and O–H groups in total. The van der Waals surface area contributed by atoms with Gasteiger partial charge in [-0.2, -0.15) is 0 Å². The maximum atomic E-state index is 11.8. The molecule has 0 fully saturated rings. The van der Waals surface area contributed by atoms with Gasteiger partial charge in [0.25, 0.3) is 0 Å². The molecule has 0 aromatic carbocycles. The molecular formula is C17H23BrN2O2. The zero-order chi connectivity index (χ0) is 16.3. The Morgan fingerprint density at radius 1 is 1.45 bits per heavy atom. The van der Waals surface area contributed by atoms with Gasteiger partial charge in [-0.15, -0.1) is 0 Å². The van der Waals surface area contributed by atoms with Crippen LogP contribution in [0.15, 0.2) is 22.8 Å². The maximum Gasteiger partial charge on any atom is 0.407 e. The molecular weight excluding hydrogens is 344 g/mol. The lowest BCUT2D eigenvalue weighted by Gasteiger charge is -2.26. The number of rotatable bonds is 2. The van der Waals surface area contributed by atoms with Crippen molar-refractivity contribution in [1.82, 2.24) is 10.3 Å². The summed E-state index contributed by atoms with van der Waals surface area (Å²) in [5.74, 6) is 0. The smallest absolute Gasteiger partial charge is 0.407 e. The number of carbonyl (C=O) groups is 1. The third-order valence-corrected chi connectivity index (χ3v) is 3.91. The normalized spacial score (nSPS) is 18.6. The predicted octanol–water partition coefficient (Wildman–Crippen LogP) is 4.61. The van der Waals surface area contributed by atoms with Crippen molar-refractivity contribution >= 4 is 27.6 Å². The zero-order valence-corrected chi connectivity index (χ0v) is 15.2. The van der Waals surface area contributed by atoms with Gasteiger partial charge in [-0.25, -0.2) is 4.79 Å². The van der Waals surface area contributed by atoms with E-state index in [-0.39, 0.29) is 12.1 Å². The van der Waals surface area contributed by atoms with Gasteiger partial charge in [0.1, 0.15) is 5.60 Å². The Morgan fingerprint density at radius 3 is 2.73 bits per heavy atom. The van der Waals surface area contributed by atoms with Gasteiger partial charge in [0.05, 0.1) is 5.69 Å². The third-order valence-electron chi connectivity index (χ3n) is 3.48. The second-order valence-corrected chi connectivity index (χ2v) is 7.58. The molecule has 1 aliphatic rings. The van der Waals surface area contributed by atoms with Gasteiger partial charge < -0.3 is 10.1 Å². The molecule has 0 aliphatic heterocycles. The number of allylic oxidation sites excluding steroid dienone is 1. The van der Waals surface area contributed by atoms with Gasteiger partial charge in [-0.3, -0.25) is 4.98 Å². The van der Waals surface area contributed by atoms with Crippen LogP contribution in [0.25, 0.3) is 5.57 Å². The van der Waals surface area contributed by atoms with Gasteiger partial charge in [0.2, 0.25) is 0 Å². The molecule has 1 aromatic rings. The van der Waals surface area contributed by atoms with Crippen molar-refractivity contribution in [2.45, 2.75) is 58.6 Å². The molecule has 1 atom stereocenters. The van der Waals surface area contributed by atoms with Crippen molar-refractivity contribution in [2.24, 2.45) is 0 Å². The third kappa shape index (κ3) is 4.83. The van der Waals surface area contributed by atoms with E-state index in [1.807, 2.05) is 27.0 Å². The Hall–Kier alpha value is -1.36. The van der Waals surface area contributed by atoms with Gasteiger partial charge in [0, 0.05) is 16.7 Å². The van der Waals surface area contributed by atoms with Crippen molar-refractivity contribution in [2.75, 3.05) is 0 Å². The molecule has 0 spiro atoms. The standard InChI is InChI=1S/C17H23BrN2O2/c1-11-9-13(18)10-19-15(11)12-5-7-14(8-6-12)20-16(21)22-17(2,3)4/h5,9-10,14H,6-8H2,1-4H3,(H,20,21). The van der Waals surface area contributed by atoms with Crippen LogP contribution in [0.4, 0.5) is 4.79 Å². The van der Waals surface area contributed by atoms with E-state index in [1.165, 1.54) is 11.1 Å². The molecule has 120 valence electrons. The van der Waals surface area contributed by atoms with Crippen LogP contribution in [-0.2, 0) is 4.74 Å². The number of aryl methyl sites for hydroxylation is 1. The summed E-state index contributed by atoms with van der Waals surface area (Å²) in [6.07, 6.45) is 6.29. The number of hydrogen-bond acceptors (Lipinski definition) is 3. The summed E-state index contributed by atoms with van der Waals surface area (Å²) in [6.45, 7) is 7.67. The minimum Gasteiger partial charge on any atom is -0.444 e. The first-order chi connectivity index (χ1) is 10.2. The minimum atomic E-state index is -0.460. The average Bonchev–Trinajstić information content (AvgIpc) is 2.38. The van der Waals surface area contributed by atoms with Crippen LogP contribution in [0.1, 0.15) is 51.3 Å². The van der Waals surface area contributed by atoms with E-state index in [0.29, 0.717) is 0 Å². The summed E-state index contributed by atoms with van der Waals surface area (Å²) < 4.78 is 6.29. The first kappa shape index (κ1) is 17.0. The van der Waals surface area contributed by atoms with Gasteiger partial charge in [-0.05, 0) is 80.1 Å². The van der Waals surface area contributed by atoms with Crippen molar-refractivity contribution in [3.8, 4) is 0 Å². The van der Waals surface area contributed by atoms with E-state index in [0.717, 1.165) is 29.4 Å². The number of halogens is 1. The fourth-order valence-electron chi connectivity index (χ4n) is 2.53. The summed E-state index contributed by atoms with van der Waals surface area (Å²) in [7, 11) is 0. The number of pyridine rings is 1. The second-order valence-electron chi connectivity index (χ2n) is 6.67. The highest BCUT2D eigenvalue weighted by Crippen LogP contribution is 2.28. The molecule has 5 heteroatoms. The molecule has 2 rings (SSSR count). The number of alkyl carbamates (subject to hydrolysis) is 1. The molecule has 0 saturated carbocycles. The highest BCUT2D eigenvalue weighted by atomic mass is 79.9. The maximum absolute atomic E-state index is 11.8. The lowest BCUT2D eigenvalue weighted by atomic mass is 9.91. The Kier molecular flexibility index (Phi) is 5.27. The predicted molar refractivity (Wildman–Crippen MR) is 91.7 cm³/mol. The Morgan fingerprint density at radius 2 is 2.18 bits per heavy atom. The van der Waals surface area contributed by atoms with E-state index in [4.69, 9.17) is 4.74 Å². The Balaban J connectivity index is 1.96. The summed E-state index contributed by atoms with van der Waals surface area (Å²) in [6, 6.07) is 2.21. The van der Waals surface area contributed by atoms with Gasteiger partial charge >= 0.3 is 6.09 Å². The molecule has 0 saturated heterocycles. The topological polar surface area (TPSA) is 51.2 Å². The van der Waals surface area contributed by atoms with E-state index < -0.39 is 5.60 Å². The molecule has 22 heavy (non-hydrogen) atoms. The minimum absolute atomic E-state index is 0.134. The van der Waals surface area contributed by atoms with E-state index >= 15 is 0 Å². The van der Waals surface area contributed by atoms with E-state index in [1.54, 1.807) is 0 Å². The number of carbonyl (C=O) groups excluding carboxylic acids is 1. The molecule has 1 aliphatic carbocycles. The van der Waals surface area contributed by atoms with Gasteiger partial charge in [-0.1, -0.05) is 6.08 Å². The average molecular weight is 367 g/mol. The number of ether oxygens (including phenoxy) is 1. The fraction of sp³-hybridized carbons (Fsp3) is 0.529. The number of hydrogen-bond donors (Lipinski definition) is 1. The van der Waals surface area contributed by atoms with Gasteiger partial charge in [0.15, 0.2) is 0 Å². The lowest BCUT2D eigenvalue weighted by molar-refractivity contribution is 0.0502. The lowest BCUT2D eigenvalue weighted by Crippen LogP contribution is -2.39. The zero-order valence-electron chi connectivity index (χ0n) is 13.6. The monoisotopic (exact) mass is 366 g/mol. The summed E-state index contributed by atoms with van der Waals surface area (Å²) in [5.41, 5.74) is 3.02. The molecule has 0 radical (unpaired) electrons. The number of aromatic nitrogens is 1. The van der Waals surface area contributed by atoms with E-state index in [9.17, 15) is 4.79 Å². The summed E-state index contributed by atoms with van der Waals surface area (Å²) in [5, 5.41) is 2.94. The SMILES string of the molecule is Cc1cc(Br)cnc1C1=CCC(NC(=O)OC(C)(C)C)CC1. The fourth-order valence-corrected chi connectivity index (χ4v) is 2.98. The van der Waals surface area contributed by atoms with Crippen molar-refractivity contribution < 1.29 is 9.53 Å². The quantitative estimate of drug-likeness (QED) is 0.830. The molecule has 4 nitrogen and oxygen atoms in total. The first-order valence-electron chi connectivity index (χ1n) is 7.55. The highest BCUT2D eigenvalue weighted by Gasteiger charge is 2.22. The molecule has 0 bridgehead atoms. The molecule has 1 aromatic heterocycles. The number of nitrogens with one attached hydrogen (secondary N) is 1. The van der Waals surface area contributed by atoms with Crippen LogP contribution in [0, 0.1) is 6.92 Å². The van der Waals surface area contributed by atoms with E-state index in [2.05, 4.69) is 45.3 Å². The van der Waals surface area contributed by atoms with Crippen molar-refractivity contribution in [3.05, 3.63) is 34.1 Å². The summed E-state index contributed by atoms with van der Waals surface area (Å²) >= 11 is 3.44. The largest absolute Gasteiger partial charge is 0.444 e. The molecule has 1 amide bonds. The van der Waals surface area contributed by atoms with Crippen LogP contribution < -0.4 is 5.32 Å². The first-order valence-corrected chi connectivity index (χ1v) is 8.35. The number of amides is 1. The van der Waals surface area contributed by atoms with Crippen LogP contribution in [-0.4, -0.2) is 22.7 Å². The Bertz CT molecular complexity index is 591. The van der Waals surface area contributed by atoms with Crippen LogP contribution in [0.5, 0.6) is 0 Å². The van der Waals surface area contributed by atoms with Crippen LogP contribution in [0.2, 0.25) is 0 Å². The second kappa shape index (κ2) is 6.82. The highest BCUT2D eigenvalue weighted by molar-refractivity contribution is 9.10. The van der Waals surface area contributed by atoms with Crippen LogP contribution >= 0.6 is 15.9 Å². The van der Waals surface area contributed by atoms with Crippen molar-refractivity contribution in [3.63, 3.8) is 0 Å². The summed E-state index contributed by atoms with van der Waals surface area (Å²) in [4.78, 5) is 16.3. The Labute approximate surface area is 140 Å². The molecule has 1 unspecified atom stereocenters. The van der Waals surface area contributed by atoms with Crippen LogP contribution in [0.3, 0.4) is 0 Å². The van der Waals surface area contributed by atoms with Crippen molar-refractivity contribution in [1.29, 1.82) is 0 Å². The number of nitrogens with zero attached hydrogens (tertiary/aromatic N) is 1.